The maximum absolute atomic E-state index is 12.4. The van der Waals surface area contributed by atoms with Crippen molar-refractivity contribution in [1.82, 2.24) is 15.6 Å². The van der Waals surface area contributed by atoms with Gasteiger partial charge in [-0.15, -0.1) is 0 Å². The Morgan fingerprint density at radius 2 is 2.08 bits per heavy atom. The number of aromatic amines is 1. The summed E-state index contributed by atoms with van der Waals surface area (Å²) >= 11 is 0. The Bertz CT molecular complexity index is 814. The van der Waals surface area contributed by atoms with Crippen molar-refractivity contribution in [3.05, 3.63) is 35.5 Å². The summed E-state index contributed by atoms with van der Waals surface area (Å²) in [5.74, 6) is -2.52. The zero-order valence-electron chi connectivity index (χ0n) is 12.8. The maximum Gasteiger partial charge on any atom is 0.326 e. The van der Waals surface area contributed by atoms with Gasteiger partial charge in [-0.1, -0.05) is 18.2 Å². The fraction of sp³-hybridized carbons (Fsp3) is 0.312. The van der Waals surface area contributed by atoms with E-state index in [4.69, 9.17) is 10.8 Å². The molecule has 24 heavy (non-hydrogen) atoms. The Morgan fingerprint density at radius 3 is 2.79 bits per heavy atom. The van der Waals surface area contributed by atoms with Gasteiger partial charge in [0, 0.05) is 23.1 Å². The Morgan fingerprint density at radius 1 is 1.33 bits per heavy atom. The SMILES string of the molecule is NC(=O)C[C@H](NC(=O)[C@H]1Cc2c([nH]c3ccccc23)CN1)C(=O)O. The van der Waals surface area contributed by atoms with Crippen LogP contribution in [0.3, 0.4) is 0 Å². The van der Waals surface area contributed by atoms with Crippen LogP contribution in [0.15, 0.2) is 24.3 Å². The van der Waals surface area contributed by atoms with Crippen LogP contribution in [-0.4, -0.2) is 40.0 Å². The van der Waals surface area contributed by atoms with Gasteiger partial charge in [0.2, 0.25) is 11.8 Å². The normalized spacial score (nSPS) is 17.9. The summed E-state index contributed by atoms with van der Waals surface area (Å²) in [6, 6.07) is 5.94. The number of benzene rings is 1. The first-order valence-electron chi connectivity index (χ1n) is 7.59. The number of primary amides is 1. The van der Waals surface area contributed by atoms with Gasteiger partial charge in [0.15, 0.2) is 0 Å². The fourth-order valence-electron chi connectivity index (χ4n) is 3.00. The minimum absolute atomic E-state index is 0.438. The molecule has 0 saturated heterocycles. The molecule has 2 atom stereocenters. The van der Waals surface area contributed by atoms with E-state index in [9.17, 15) is 14.4 Å². The number of rotatable bonds is 5. The lowest BCUT2D eigenvalue weighted by atomic mass is 9.97. The Labute approximate surface area is 137 Å². The second kappa shape index (κ2) is 6.32. The molecule has 8 heteroatoms. The molecular weight excluding hydrogens is 312 g/mol. The van der Waals surface area contributed by atoms with Crippen LogP contribution in [0.2, 0.25) is 0 Å². The number of amides is 2. The molecule has 0 aliphatic carbocycles. The number of hydrogen-bond donors (Lipinski definition) is 5. The molecule has 0 radical (unpaired) electrons. The van der Waals surface area contributed by atoms with E-state index >= 15 is 0 Å². The van der Waals surface area contributed by atoms with Gasteiger partial charge in [0.05, 0.1) is 12.5 Å². The zero-order valence-corrected chi connectivity index (χ0v) is 12.8. The second-order valence-electron chi connectivity index (χ2n) is 5.84. The first kappa shape index (κ1) is 16.0. The summed E-state index contributed by atoms with van der Waals surface area (Å²) in [5, 5.41) is 15.6. The number of nitrogens with two attached hydrogens (primary N) is 1. The van der Waals surface area contributed by atoms with E-state index < -0.39 is 36.3 Å². The first-order valence-corrected chi connectivity index (χ1v) is 7.59. The molecule has 1 aliphatic rings. The van der Waals surface area contributed by atoms with E-state index in [0.717, 1.165) is 22.2 Å². The number of aliphatic carboxylic acids is 1. The molecule has 1 aromatic carbocycles. The van der Waals surface area contributed by atoms with Crippen LogP contribution < -0.4 is 16.4 Å². The van der Waals surface area contributed by atoms with Crippen molar-refractivity contribution in [1.29, 1.82) is 0 Å². The van der Waals surface area contributed by atoms with Gasteiger partial charge in [-0.2, -0.15) is 0 Å². The highest BCUT2D eigenvalue weighted by atomic mass is 16.4. The third-order valence-electron chi connectivity index (χ3n) is 4.17. The number of carbonyl (C=O) groups excluding carboxylic acids is 2. The standard InChI is InChI=1S/C16H18N4O4/c17-14(21)6-12(16(23)24)20-15(22)11-5-9-8-3-1-2-4-10(8)19-13(9)7-18-11/h1-4,11-12,18-19H,5-7H2,(H2,17,21)(H,20,22)(H,23,24)/t11-,12+/m1/s1. The lowest BCUT2D eigenvalue weighted by Crippen LogP contribution is -2.53. The predicted octanol–water partition coefficient (Wildman–Crippen LogP) is -0.373. The van der Waals surface area contributed by atoms with Crippen molar-refractivity contribution < 1.29 is 19.5 Å². The van der Waals surface area contributed by atoms with E-state index in [2.05, 4.69) is 15.6 Å². The summed E-state index contributed by atoms with van der Waals surface area (Å²) in [6.45, 7) is 0.482. The van der Waals surface area contributed by atoms with Crippen molar-refractivity contribution in [3.8, 4) is 0 Å². The molecule has 0 fully saturated rings. The molecule has 0 bridgehead atoms. The molecule has 126 valence electrons. The topological polar surface area (TPSA) is 137 Å². The van der Waals surface area contributed by atoms with Crippen LogP contribution in [0.4, 0.5) is 0 Å². The molecule has 8 nitrogen and oxygen atoms in total. The molecule has 2 aromatic rings. The Balaban J connectivity index is 1.75. The van der Waals surface area contributed by atoms with Crippen LogP contribution in [-0.2, 0) is 27.3 Å². The van der Waals surface area contributed by atoms with Crippen molar-refractivity contribution in [2.75, 3.05) is 0 Å². The predicted molar refractivity (Wildman–Crippen MR) is 86.0 cm³/mol. The van der Waals surface area contributed by atoms with Crippen LogP contribution in [0, 0.1) is 0 Å². The fourth-order valence-corrected chi connectivity index (χ4v) is 3.00. The van der Waals surface area contributed by atoms with E-state index in [-0.39, 0.29) is 0 Å². The van der Waals surface area contributed by atoms with Crippen LogP contribution >= 0.6 is 0 Å². The average molecular weight is 330 g/mol. The van der Waals surface area contributed by atoms with E-state index in [1.54, 1.807) is 0 Å². The lowest BCUT2D eigenvalue weighted by Gasteiger charge is -2.25. The van der Waals surface area contributed by atoms with Crippen LogP contribution in [0.25, 0.3) is 10.9 Å². The third kappa shape index (κ3) is 3.09. The van der Waals surface area contributed by atoms with Crippen LogP contribution in [0.1, 0.15) is 17.7 Å². The van der Waals surface area contributed by atoms with Crippen LogP contribution in [0.5, 0.6) is 0 Å². The lowest BCUT2D eigenvalue weighted by molar-refractivity contribution is -0.143. The summed E-state index contributed by atoms with van der Waals surface area (Å²) in [6.07, 6.45) is 0.000217. The maximum atomic E-state index is 12.4. The number of aromatic nitrogens is 1. The van der Waals surface area contributed by atoms with E-state index in [1.165, 1.54) is 0 Å². The molecule has 2 heterocycles. The molecule has 1 aromatic heterocycles. The molecule has 1 aliphatic heterocycles. The smallest absolute Gasteiger partial charge is 0.326 e. The largest absolute Gasteiger partial charge is 0.480 e. The molecule has 0 spiro atoms. The van der Waals surface area contributed by atoms with Crippen molar-refractivity contribution in [2.24, 2.45) is 5.73 Å². The number of hydrogen-bond acceptors (Lipinski definition) is 4. The summed E-state index contributed by atoms with van der Waals surface area (Å²) in [4.78, 5) is 37.7. The number of fused-ring (bicyclic) bond motifs is 3. The van der Waals surface area contributed by atoms with Gasteiger partial charge in [-0.3, -0.25) is 14.9 Å². The number of nitrogens with one attached hydrogen (secondary N) is 3. The van der Waals surface area contributed by atoms with Gasteiger partial charge in [0.25, 0.3) is 0 Å². The zero-order chi connectivity index (χ0) is 17.3. The molecule has 0 saturated carbocycles. The Kier molecular flexibility index (Phi) is 4.22. The molecule has 2 amide bonds. The second-order valence-corrected chi connectivity index (χ2v) is 5.84. The van der Waals surface area contributed by atoms with Crippen molar-refractivity contribution in [2.45, 2.75) is 31.5 Å². The monoisotopic (exact) mass is 330 g/mol. The van der Waals surface area contributed by atoms with Gasteiger partial charge in [-0.25, -0.2) is 4.79 Å². The number of carbonyl (C=O) groups is 3. The molecule has 6 N–H and O–H groups in total. The highest BCUT2D eigenvalue weighted by Crippen LogP contribution is 2.26. The van der Waals surface area contributed by atoms with E-state index in [0.29, 0.717) is 13.0 Å². The highest BCUT2D eigenvalue weighted by molar-refractivity contribution is 5.91. The minimum atomic E-state index is -1.32. The quantitative estimate of drug-likeness (QED) is 0.509. The number of carboxylic acids is 1. The summed E-state index contributed by atoms with van der Waals surface area (Å²) in [7, 11) is 0. The molecule has 0 unspecified atom stereocenters. The average Bonchev–Trinajstić information content (AvgIpc) is 2.91. The first-order chi connectivity index (χ1) is 11.5. The number of carboxylic acid groups (broad SMARTS) is 1. The van der Waals surface area contributed by atoms with E-state index in [1.807, 2.05) is 24.3 Å². The highest BCUT2D eigenvalue weighted by Gasteiger charge is 2.30. The summed E-state index contributed by atoms with van der Waals surface area (Å²) < 4.78 is 0. The van der Waals surface area contributed by atoms with Gasteiger partial charge >= 0.3 is 5.97 Å². The minimum Gasteiger partial charge on any atom is -0.480 e. The van der Waals surface area contributed by atoms with Gasteiger partial charge in [-0.05, 0) is 18.1 Å². The number of para-hydroxylation sites is 1. The third-order valence-corrected chi connectivity index (χ3v) is 4.17. The molecular formula is C16H18N4O4. The summed E-state index contributed by atoms with van der Waals surface area (Å²) in [5.41, 5.74) is 8.09. The number of H-pyrrole nitrogens is 1. The van der Waals surface area contributed by atoms with Crippen molar-refractivity contribution in [3.63, 3.8) is 0 Å². The van der Waals surface area contributed by atoms with Gasteiger partial charge in [0.1, 0.15) is 6.04 Å². The van der Waals surface area contributed by atoms with Crippen molar-refractivity contribution >= 4 is 28.7 Å². The van der Waals surface area contributed by atoms with Gasteiger partial charge < -0.3 is 21.1 Å². The molecule has 3 rings (SSSR count). The Hall–Kier alpha value is -2.87.